The SMILES string of the molecule is CNc1cnc(-c2ccn(CC(C)(C)O)n2)c(C(F)F)c1. The minimum Gasteiger partial charge on any atom is -0.389 e. The molecule has 0 spiro atoms. The molecule has 0 aromatic carbocycles. The van der Waals surface area contributed by atoms with Gasteiger partial charge in [-0.15, -0.1) is 0 Å². The number of hydrogen-bond donors (Lipinski definition) is 2. The van der Waals surface area contributed by atoms with Crippen LogP contribution >= 0.6 is 0 Å². The van der Waals surface area contributed by atoms with Gasteiger partial charge in [-0.25, -0.2) is 8.78 Å². The van der Waals surface area contributed by atoms with Crippen LogP contribution in [0.1, 0.15) is 25.8 Å². The number of aliphatic hydroxyl groups is 1. The molecule has 0 bridgehead atoms. The summed E-state index contributed by atoms with van der Waals surface area (Å²) in [6.07, 6.45) is 0.479. The van der Waals surface area contributed by atoms with Gasteiger partial charge in [0, 0.05) is 18.8 Å². The first-order chi connectivity index (χ1) is 9.80. The predicted molar refractivity (Wildman–Crippen MR) is 76.3 cm³/mol. The zero-order chi connectivity index (χ0) is 15.6. The summed E-state index contributed by atoms with van der Waals surface area (Å²) in [4.78, 5) is 4.07. The molecule has 0 saturated heterocycles. The van der Waals surface area contributed by atoms with Crippen molar-refractivity contribution in [3.63, 3.8) is 0 Å². The fourth-order valence-electron chi connectivity index (χ4n) is 1.97. The molecule has 2 heterocycles. The minimum atomic E-state index is -2.64. The molecule has 114 valence electrons. The molecule has 2 rings (SSSR count). The number of rotatable bonds is 5. The second-order valence-corrected chi connectivity index (χ2v) is 5.42. The van der Waals surface area contributed by atoms with Crippen molar-refractivity contribution in [1.29, 1.82) is 0 Å². The molecule has 0 aliphatic carbocycles. The van der Waals surface area contributed by atoms with E-state index >= 15 is 0 Å². The van der Waals surface area contributed by atoms with Crippen molar-refractivity contribution < 1.29 is 13.9 Å². The van der Waals surface area contributed by atoms with Crippen LogP contribution in [-0.2, 0) is 6.54 Å². The summed E-state index contributed by atoms with van der Waals surface area (Å²) < 4.78 is 27.8. The van der Waals surface area contributed by atoms with Gasteiger partial charge in [-0.2, -0.15) is 5.10 Å². The Morgan fingerprint density at radius 1 is 1.43 bits per heavy atom. The van der Waals surface area contributed by atoms with Crippen LogP contribution in [0.3, 0.4) is 0 Å². The lowest BCUT2D eigenvalue weighted by Gasteiger charge is -2.16. The van der Waals surface area contributed by atoms with E-state index < -0.39 is 12.0 Å². The zero-order valence-electron chi connectivity index (χ0n) is 12.1. The lowest BCUT2D eigenvalue weighted by Crippen LogP contribution is -2.26. The summed E-state index contributed by atoms with van der Waals surface area (Å²) in [5.74, 6) is 0. The van der Waals surface area contributed by atoms with Crippen LogP contribution in [-0.4, -0.2) is 32.5 Å². The molecular weight excluding hydrogens is 278 g/mol. The maximum absolute atomic E-state index is 13.2. The van der Waals surface area contributed by atoms with Gasteiger partial charge in [0.2, 0.25) is 0 Å². The van der Waals surface area contributed by atoms with Gasteiger partial charge >= 0.3 is 0 Å². The summed E-state index contributed by atoms with van der Waals surface area (Å²) in [6.45, 7) is 3.57. The van der Waals surface area contributed by atoms with Crippen LogP contribution in [0.4, 0.5) is 14.5 Å². The highest BCUT2D eigenvalue weighted by atomic mass is 19.3. The Morgan fingerprint density at radius 2 is 2.14 bits per heavy atom. The number of halogens is 2. The average Bonchev–Trinajstić information content (AvgIpc) is 2.83. The topological polar surface area (TPSA) is 63.0 Å². The molecule has 21 heavy (non-hydrogen) atoms. The van der Waals surface area contributed by atoms with E-state index in [0.29, 0.717) is 11.4 Å². The number of nitrogens with zero attached hydrogens (tertiary/aromatic N) is 3. The van der Waals surface area contributed by atoms with Gasteiger partial charge in [-0.1, -0.05) is 0 Å². The lowest BCUT2D eigenvalue weighted by molar-refractivity contribution is 0.0578. The fraction of sp³-hybridized carbons (Fsp3) is 0.429. The summed E-state index contributed by atoms with van der Waals surface area (Å²) in [7, 11) is 1.64. The van der Waals surface area contributed by atoms with Crippen LogP contribution in [0.5, 0.6) is 0 Å². The standard InChI is InChI=1S/C14H18F2N4O/c1-14(2,21)8-20-5-4-11(19-20)12-10(13(15)16)6-9(17-3)7-18-12/h4-7,13,17,21H,8H2,1-3H3. The number of hydrogen-bond acceptors (Lipinski definition) is 4. The van der Waals surface area contributed by atoms with Gasteiger partial charge in [0.1, 0.15) is 5.69 Å². The normalized spacial score (nSPS) is 12.0. The first kappa shape index (κ1) is 15.4. The summed E-state index contributed by atoms with van der Waals surface area (Å²) in [5.41, 5.74) is -0.0749. The highest BCUT2D eigenvalue weighted by Gasteiger charge is 2.19. The molecule has 0 aliphatic heterocycles. The van der Waals surface area contributed by atoms with Gasteiger partial charge in [-0.3, -0.25) is 9.67 Å². The Kier molecular flexibility index (Phi) is 4.22. The minimum absolute atomic E-state index is 0.151. The zero-order valence-corrected chi connectivity index (χ0v) is 12.1. The van der Waals surface area contributed by atoms with Crippen LogP contribution < -0.4 is 5.32 Å². The highest BCUT2D eigenvalue weighted by Crippen LogP contribution is 2.30. The Morgan fingerprint density at radius 3 is 2.71 bits per heavy atom. The third-order valence-electron chi connectivity index (χ3n) is 2.87. The van der Waals surface area contributed by atoms with E-state index in [1.165, 1.54) is 16.9 Å². The van der Waals surface area contributed by atoms with Gasteiger partial charge in [0.25, 0.3) is 6.43 Å². The molecule has 0 fully saturated rings. The maximum Gasteiger partial charge on any atom is 0.266 e. The van der Waals surface area contributed by atoms with Crippen molar-refractivity contribution in [3.8, 4) is 11.4 Å². The molecule has 0 atom stereocenters. The maximum atomic E-state index is 13.2. The van der Waals surface area contributed by atoms with Crippen molar-refractivity contribution >= 4 is 5.69 Å². The van der Waals surface area contributed by atoms with E-state index in [2.05, 4.69) is 15.4 Å². The molecule has 2 N–H and O–H groups in total. The van der Waals surface area contributed by atoms with Crippen LogP contribution in [0.25, 0.3) is 11.4 Å². The van der Waals surface area contributed by atoms with Crippen LogP contribution in [0.2, 0.25) is 0 Å². The molecule has 0 amide bonds. The van der Waals surface area contributed by atoms with Crippen molar-refractivity contribution in [2.45, 2.75) is 32.4 Å². The van der Waals surface area contributed by atoms with E-state index in [1.54, 1.807) is 33.2 Å². The largest absolute Gasteiger partial charge is 0.389 e. The van der Waals surface area contributed by atoms with Gasteiger partial charge < -0.3 is 10.4 Å². The Balaban J connectivity index is 2.38. The first-order valence-electron chi connectivity index (χ1n) is 6.52. The smallest absolute Gasteiger partial charge is 0.266 e. The quantitative estimate of drug-likeness (QED) is 0.890. The number of pyridine rings is 1. The molecular formula is C14H18F2N4O. The Hall–Kier alpha value is -2.02. The molecule has 2 aromatic heterocycles. The molecule has 2 aromatic rings. The summed E-state index contributed by atoms with van der Waals surface area (Å²) in [6, 6.07) is 2.97. The van der Waals surface area contributed by atoms with Gasteiger partial charge in [0.15, 0.2) is 0 Å². The number of nitrogens with one attached hydrogen (secondary N) is 1. The van der Waals surface area contributed by atoms with E-state index in [0.717, 1.165) is 0 Å². The molecule has 0 radical (unpaired) electrons. The van der Waals surface area contributed by atoms with Crippen molar-refractivity contribution in [2.24, 2.45) is 0 Å². The highest BCUT2D eigenvalue weighted by molar-refractivity contribution is 5.62. The lowest BCUT2D eigenvalue weighted by atomic mass is 10.1. The Bertz CT molecular complexity index is 620. The van der Waals surface area contributed by atoms with E-state index in [1.807, 2.05) is 0 Å². The van der Waals surface area contributed by atoms with Crippen molar-refractivity contribution in [2.75, 3.05) is 12.4 Å². The molecule has 0 aliphatic rings. The molecule has 0 saturated carbocycles. The summed E-state index contributed by atoms with van der Waals surface area (Å²) >= 11 is 0. The molecule has 0 unspecified atom stereocenters. The average molecular weight is 296 g/mol. The first-order valence-corrected chi connectivity index (χ1v) is 6.52. The number of alkyl halides is 2. The van der Waals surface area contributed by atoms with Crippen molar-refractivity contribution in [1.82, 2.24) is 14.8 Å². The predicted octanol–water partition coefficient (Wildman–Crippen LogP) is 2.70. The van der Waals surface area contributed by atoms with E-state index in [4.69, 9.17) is 0 Å². The second-order valence-electron chi connectivity index (χ2n) is 5.42. The number of aromatic nitrogens is 3. The van der Waals surface area contributed by atoms with E-state index in [9.17, 15) is 13.9 Å². The summed E-state index contributed by atoms with van der Waals surface area (Å²) in [5, 5.41) is 16.7. The van der Waals surface area contributed by atoms with Crippen LogP contribution in [0.15, 0.2) is 24.5 Å². The van der Waals surface area contributed by atoms with Crippen LogP contribution in [0, 0.1) is 0 Å². The monoisotopic (exact) mass is 296 g/mol. The van der Waals surface area contributed by atoms with E-state index in [-0.39, 0.29) is 17.8 Å². The third kappa shape index (κ3) is 3.75. The third-order valence-corrected chi connectivity index (χ3v) is 2.87. The van der Waals surface area contributed by atoms with Crippen molar-refractivity contribution in [3.05, 3.63) is 30.1 Å². The molecule has 5 nitrogen and oxygen atoms in total. The van der Waals surface area contributed by atoms with Gasteiger partial charge in [0.05, 0.1) is 29.7 Å². The Labute approximate surface area is 121 Å². The van der Waals surface area contributed by atoms with Gasteiger partial charge in [-0.05, 0) is 26.0 Å². The second kappa shape index (κ2) is 5.77. The number of anilines is 1. The molecule has 7 heteroatoms. The fourth-order valence-corrected chi connectivity index (χ4v) is 1.97.